The normalized spacial score (nSPS) is 19.4. The Kier molecular flexibility index (Phi) is 17.0. The van der Waals surface area contributed by atoms with E-state index in [0.717, 1.165) is 44.9 Å². The molecule has 1 aliphatic rings. The highest BCUT2D eigenvalue weighted by atomic mass is 35.6. The second-order valence-corrected chi connectivity index (χ2v) is 14.7. The Hall–Kier alpha value is 0.0900. The Morgan fingerprint density at radius 2 is 1.77 bits per heavy atom. The van der Waals surface area contributed by atoms with Gasteiger partial charge in [0.2, 0.25) is 3.79 Å². The van der Waals surface area contributed by atoms with Crippen LogP contribution in [0.25, 0.3) is 0 Å². The molecule has 1 aliphatic heterocycles. The number of carbonyl (C=O) groups is 1. The smallest absolute Gasteiger partial charge is 0.439 e. The molecule has 0 bridgehead atoms. The minimum Gasteiger partial charge on any atom is -0.439 e. The van der Waals surface area contributed by atoms with E-state index in [-0.39, 0.29) is 19.8 Å². The van der Waals surface area contributed by atoms with Gasteiger partial charge in [-0.3, -0.25) is 9.05 Å². The van der Waals surface area contributed by atoms with Gasteiger partial charge in [-0.25, -0.2) is 9.36 Å². The SMILES string of the molecule is CC(C)(OC(=O)NCCCCCCOC[C@H](COP(=O)(O)OCC[N+](C)(C)C)OC1CCCCO1)C(Cl)(Cl)Cl. The monoisotopic (exact) mass is 643 g/mol. The lowest BCUT2D eigenvalue weighted by atomic mass is 10.2. The number of likely N-dealkylation sites (N-methyl/N-ethyl adjacent to an activating group) is 1. The van der Waals surface area contributed by atoms with Gasteiger partial charge in [-0.1, -0.05) is 47.6 Å². The number of carbonyl (C=O) groups excluding carboxylic acids is 1. The van der Waals surface area contributed by atoms with E-state index < -0.39 is 35.7 Å². The number of quaternary nitrogens is 1. The van der Waals surface area contributed by atoms with Crippen molar-refractivity contribution in [1.82, 2.24) is 5.32 Å². The second-order valence-electron chi connectivity index (χ2n) is 11.0. The summed E-state index contributed by atoms with van der Waals surface area (Å²) in [5.74, 6) is 0. The van der Waals surface area contributed by atoms with E-state index in [4.69, 9.17) is 62.8 Å². The Morgan fingerprint density at radius 3 is 2.38 bits per heavy atom. The molecule has 11 nitrogen and oxygen atoms in total. The summed E-state index contributed by atoms with van der Waals surface area (Å²) in [5.41, 5.74) is -1.26. The van der Waals surface area contributed by atoms with E-state index in [2.05, 4.69) is 5.32 Å². The molecule has 232 valence electrons. The van der Waals surface area contributed by atoms with E-state index >= 15 is 0 Å². The van der Waals surface area contributed by atoms with E-state index in [1.165, 1.54) is 13.8 Å². The summed E-state index contributed by atoms with van der Waals surface area (Å²) in [6.07, 6.45) is 4.40. The zero-order chi connectivity index (χ0) is 29.6. The maximum Gasteiger partial charge on any atom is 0.472 e. The van der Waals surface area contributed by atoms with Crippen LogP contribution >= 0.6 is 42.6 Å². The molecule has 2 unspecified atom stereocenters. The minimum atomic E-state index is -4.22. The number of nitrogens with zero attached hydrogens (tertiary/aromatic N) is 1. The van der Waals surface area contributed by atoms with Gasteiger partial charge in [0.25, 0.3) is 0 Å². The summed E-state index contributed by atoms with van der Waals surface area (Å²) >= 11 is 17.4. The zero-order valence-corrected chi connectivity index (χ0v) is 27.0. The highest BCUT2D eigenvalue weighted by Crippen LogP contribution is 2.43. The van der Waals surface area contributed by atoms with Gasteiger partial charge < -0.3 is 33.6 Å². The number of unbranched alkanes of at least 4 members (excludes halogenated alkanes) is 3. The number of nitrogens with one attached hydrogen (secondary N) is 1. The number of phosphoric ester groups is 1. The molecule has 0 radical (unpaired) electrons. The van der Waals surface area contributed by atoms with E-state index in [1.807, 2.05) is 21.1 Å². The lowest BCUT2D eigenvalue weighted by Gasteiger charge is -2.31. The van der Waals surface area contributed by atoms with Crippen molar-refractivity contribution in [2.24, 2.45) is 0 Å². The third-order valence-electron chi connectivity index (χ3n) is 5.74. The van der Waals surface area contributed by atoms with Crippen molar-refractivity contribution in [3.8, 4) is 0 Å². The van der Waals surface area contributed by atoms with Crippen LogP contribution < -0.4 is 5.32 Å². The average molecular weight is 645 g/mol. The largest absolute Gasteiger partial charge is 0.472 e. The van der Waals surface area contributed by atoms with Crippen LogP contribution in [0.15, 0.2) is 0 Å². The Bertz CT molecular complexity index is 745. The van der Waals surface area contributed by atoms with Crippen LogP contribution in [-0.2, 0) is 32.6 Å². The fourth-order valence-corrected chi connectivity index (χ4v) is 4.08. The quantitative estimate of drug-likeness (QED) is 0.0847. The van der Waals surface area contributed by atoms with Crippen molar-refractivity contribution in [2.45, 2.75) is 80.6 Å². The first-order chi connectivity index (χ1) is 18.0. The molecule has 15 heteroatoms. The topological polar surface area (TPSA) is 122 Å². The Morgan fingerprint density at radius 1 is 1.08 bits per heavy atom. The summed E-state index contributed by atoms with van der Waals surface area (Å²) in [6, 6.07) is 0. The second kappa shape index (κ2) is 17.9. The van der Waals surface area contributed by atoms with Gasteiger partial charge in [0.15, 0.2) is 11.9 Å². The van der Waals surface area contributed by atoms with Crippen molar-refractivity contribution in [3.63, 3.8) is 0 Å². The maximum absolute atomic E-state index is 12.3. The number of phosphoric acid groups is 1. The molecular weight excluding hydrogens is 598 g/mol. The molecule has 3 atom stereocenters. The number of halogens is 3. The minimum absolute atomic E-state index is 0.0920. The molecule has 0 aliphatic carbocycles. The van der Waals surface area contributed by atoms with Crippen LogP contribution in [0.5, 0.6) is 0 Å². The van der Waals surface area contributed by atoms with E-state index in [9.17, 15) is 14.3 Å². The van der Waals surface area contributed by atoms with Gasteiger partial charge in [0.05, 0.1) is 34.4 Å². The predicted molar refractivity (Wildman–Crippen MR) is 151 cm³/mol. The van der Waals surface area contributed by atoms with Crippen molar-refractivity contribution in [2.75, 3.05) is 67.3 Å². The van der Waals surface area contributed by atoms with Crippen LogP contribution in [0.2, 0.25) is 0 Å². The van der Waals surface area contributed by atoms with Crippen molar-refractivity contribution in [3.05, 3.63) is 0 Å². The fraction of sp³-hybridized carbons (Fsp3) is 0.958. The summed E-state index contributed by atoms with van der Waals surface area (Å²) in [7, 11) is 1.66. The standard InChI is InChI=1S/C24H46Cl3N2O9P/c1-23(2,24(25,26)27)38-22(30)28-13-9-6-7-10-15-33-18-20(37-21-12-8-11-16-34-21)19-36-39(31,32)35-17-14-29(3,4)5/h20-21H,6-19H2,1-5H3,(H-,28,30,31,32)/p+1/t20-,21?/m1/s1. The van der Waals surface area contributed by atoms with Crippen molar-refractivity contribution < 1.29 is 46.7 Å². The summed E-state index contributed by atoms with van der Waals surface area (Å²) in [6.45, 7) is 5.25. The molecule has 1 saturated heterocycles. The highest BCUT2D eigenvalue weighted by molar-refractivity contribution is 7.47. The predicted octanol–water partition coefficient (Wildman–Crippen LogP) is 5.19. The molecule has 0 aromatic rings. The molecule has 0 aromatic heterocycles. The first kappa shape index (κ1) is 37.1. The van der Waals surface area contributed by atoms with E-state index in [1.54, 1.807) is 0 Å². The van der Waals surface area contributed by atoms with Gasteiger partial charge in [-0.2, -0.15) is 0 Å². The molecule has 1 rings (SSSR count). The molecule has 1 amide bonds. The van der Waals surface area contributed by atoms with Gasteiger partial charge in [0, 0.05) is 19.8 Å². The number of ether oxygens (including phenoxy) is 4. The van der Waals surface area contributed by atoms with Crippen molar-refractivity contribution >= 4 is 48.7 Å². The van der Waals surface area contributed by atoms with Crippen LogP contribution in [-0.4, -0.2) is 105 Å². The maximum atomic E-state index is 12.3. The molecule has 0 spiro atoms. The molecular formula is C24H47Cl3N2O9P+. The summed E-state index contributed by atoms with van der Waals surface area (Å²) in [5, 5.41) is 2.65. The average Bonchev–Trinajstić information content (AvgIpc) is 2.80. The third kappa shape index (κ3) is 18.3. The zero-order valence-electron chi connectivity index (χ0n) is 23.8. The van der Waals surface area contributed by atoms with Gasteiger partial charge in [0.1, 0.15) is 19.3 Å². The lowest BCUT2D eigenvalue weighted by Crippen LogP contribution is -2.44. The molecule has 2 N–H and O–H groups in total. The lowest BCUT2D eigenvalue weighted by molar-refractivity contribution is -0.870. The first-order valence-electron chi connectivity index (χ1n) is 13.3. The molecule has 39 heavy (non-hydrogen) atoms. The van der Waals surface area contributed by atoms with Gasteiger partial charge >= 0.3 is 13.9 Å². The van der Waals surface area contributed by atoms with Crippen LogP contribution in [0.1, 0.15) is 58.8 Å². The molecule has 1 fully saturated rings. The fourth-order valence-electron chi connectivity index (χ4n) is 3.22. The number of rotatable bonds is 19. The Balaban J connectivity index is 2.29. The number of hydrogen-bond donors (Lipinski definition) is 2. The van der Waals surface area contributed by atoms with Gasteiger partial charge in [-0.15, -0.1) is 0 Å². The number of hydrogen-bond acceptors (Lipinski definition) is 8. The molecule has 1 heterocycles. The number of alkyl halides is 3. The van der Waals surface area contributed by atoms with Crippen LogP contribution in [0.4, 0.5) is 4.79 Å². The van der Waals surface area contributed by atoms with Crippen molar-refractivity contribution in [1.29, 1.82) is 0 Å². The first-order valence-corrected chi connectivity index (χ1v) is 15.9. The number of amides is 1. The summed E-state index contributed by atoms with van der Waals surface area (Å²) in [4.78, 5) is 21.9. The molecule has 0 aromatic carbocycles. The number of alkyl carbamates (subject to hydrolysis) is 1. The highest BCUT2D eigenvalue weighted by Gasteiger charge is 2.44. The van der Waals surface area contributed by atoms with Crippen LogP contribution in [0.3, 0.4) is 0 Å². The third-order valence-corrected chi connectivity index (χ3v) is 8.09. The summed E-state index contributed by atoms with van der Waals surface area (Å²) < 4.78 is 43.9. The Labute approximate surface area is 248 Å². The van der Waals surface area contributed by atoms with Gasteiger partial charge in [-0.05, 0) is 46.0 Å². The molecule has 0 saturated carbocycles. The van der Waals surface area contributed by atoms with Crippen LogP contribution in [0, 0.1) is 0 Å². The van der Waals surface area contributed by atoms with E-state index in [0.29, 0.717) is 30.8 Å².